The molecule has 11 heteroatoms. The van der Waals surface area contributed by atoms with Gasteiger partial charge in [0.05, 0.1) is 36.7 Å². The number of nitrogens with one attached hydrogen (secondary N) is 2. The van der Waals surface area contributed by atoms with Crippen molar-refractivity contribution in [2.45, 2.75) is 43.6 Å². The van der Waals surface area contributed by atoms with Crippen LogP contribution in [0.1, 0.15) is 35.7 Å². The van der Waals surface area contributed by atoms with Gasteiger partial charge < -0.3 is 25.0 Å². The van der Waals surface area contributed by atoms with E-state index >= 15 is 0 Å². The zero-order valence-corrected chi connectivity index (χ0v) is 19.2. The third kappa shape index (κ3) is 3.62. The van der Waals surface area contributed by atoms with Crippen molar-refractivity contribution in [3.8, 4) is 11.3 Å². The van der Waals surface area contributed by atoms with Gasteiger partial charge in [-0.3, -0.25) is 4.79 Å². The SMILES string of the molecule is CNc1cc(-c2cn(C3CCOC[C@H]3F)c3ncccc23)nc2c(C(=O)NC3CC[C@H]3O)cnn12. The molecular formula is C24H26FN7O3. The summed E-state index contributed by atoms with van der Waals surface area (Å²) in [6.07, 6.45) is 5.36. The van der Waals surface area contributed by atoms with Crippen LogP contribution in [0.5, 0.6) is 0 Å². The Morgan fingerprint density at radius 3 is 2.91 bits per heavy atom. The highest BCUT2D eigenvalue weighted by Crippen LogP contribution is 2.35. The smallest absolute Gasteiger partial charge is 0.257 e. The quantitative estimate of drug-likeness (QED) is 0.402. The monoisotopic (exact) mass is 479 g/mol. The zero-order valence-electron chi connectivity index (χ0n) is 19.2. The predicted molar refractivity (Wildman–Crippen MR) is 127 cm³/mol. The Labute approximate surface area is 200 Å². The summed E-state index contributed by atoms with van der Waals surface area (Å²) in [5.74, 6) is 0.314. The summed E-state index contributed by atoms with van der Waals surface area (Å²) in [5, 5.41) is 21.0. The van der Waals surface area contributed by atoms with Crippen molar-refractivity contribution in [2.24, 2.45) is 0 Å². The van der Waals surface area contributed by atoms with Gasteiger partial charge in [0.25, 0.3) is 5.91 Å². The lowest BCUT2D eigenvalue weighted by molar-refractivity contribution is 0.00443. The van der Waals surface area contributed by atoms with Gasteiger partial charge in [-0.05, 0) is 31.4 Å². The Morgan fingerprint density at radius 1 is 1.29 bits per heavy atom. The molecule has 6 rings (SSSR count). The van der Waals surface area contributed by atoms with Crippen LogP contribution in [-0.4, -0.2) is 73.7 Å². The molecule has 1 amide bonds. The molecular weight excluding hydrogens is 453 g/mol. The lowest BCUT2D eigenvalue weighted by Crippen LogP contribution is -2.50. The molecule has 10 nitrogen and oxygen atoms in total. The number of anilines is 1. The summed E-state index contributed by atoms with van der Waals surface area (Å²) >= 11 is 0. The molecule has 5 heterocycles. The fourth-order valence-electron chi connectivity index (χ4n) is 4.88. The third-order valence-corrected chi connectivity index (χ3v) is 7.00. The van der Waals surface area contributed by atoms with Gasteiger partial charge in [-0.2, -0.15) is 9.61 Å². The van der Waals surface area contributed by atoms with Crippen LogP contribution in [0.15, 0.2) is 36.8 Å². The van der Waals surface area contributed by atoms with Crippen molar-refractivity contribution in [1.29, 1.82) is 0 Å². The topological polar surface area (TPSA) is 119 Å². The van der Waals surface area contributed by atoms with Gasteiger partial charge in [0.2, 0.25) is 0 Å². The molecule has 2 fully saturated rings. The number of rotatable bonds is 5. The van der Waals surface area contributed by atoms with Crippen LogP contribution in [-0.2, 0) is 4.74 Å². The number of amides is 1. The standard InChI is InChI=1S/C24H26FN7O3/c1-26-21-9-18(29-23-14(10-28-32(21)23)24(34)30-17-4-5-20(17)33)15-11-31(19-6-8-35-12-16(19)25)22-13(15)3-2-7-27-22/h2-3,7,9-11,16-17,19-20,26,33H,4-6,8,12H2,1H3,(H,30,34)/t16-,17?,19?,20-/m1/s1. The molecule has 0 bridgehead atoms. The average Bonchev–Trinajstić information content (AvgIpc) is 3.48. The summed E-state index contributed by atoms with van der Waals surface area (Å²) in [6, 6.07) is 4.98. The lowest BCUT2D eigenvalue weighted by Gasteiger charge is -2.32. The molecule has 1 saturated heterocycles. The molecule has 0 spiro atoms. The maximum absolute atomic E-state index is 14.8. The summed E-state index contributed by atoms with van der Waals surface area (Å²) in [6.45, 7) is 0.551. The first-order valence-corrected chi connectivity index (χ1v) is 11.8. The molecule has 2 aliphatic rings. The largest absolute Gasteiger partial charge is 0.391 e. The van der Waals surface area contributed by atoms with E-state index in [0.717, 1.165) is 17.4 Å². The highest BCUT2D eigenvalue weighted by molar-refractivity contribution is 6.01. The van der Waals surface area contributed by atoms with Crippen LogP contribution in [0.3, 0.4) is 0 Å². The Kier molecular flexibility index (Phi) is 5.37. The molecule has 3 N–H and O–H groups in total. The van der Waals surface area contributed by atoms with E-state index in [-0.39, 0.29) is 24.6 Å². The van der Waals surface area contributed by atoms with E-state index in [1.165, 1.54) is 6.20 Å². The van der Waals surface area contributed by atoms with Crippen molar-refractivity contribution in [1.82, 2.24) is 29.5 Å². The lowest BCUT2D eigenvalue weighted by atomic mass is 9.89. The maximum Gasteiger partial charge on any atom is 0.257 e. The van der Waals surface area contributed by atoms with Gasteiger partial charge in [0, 0.05) is 43.1 Å². The maximum atomic E-state index is 14.8. The van der Waals surface area contributed by atoms with Crippen molar-refractivity contribution >= 4 is 28.4 Å². The fourth-order valence-corrected chi connectivity index (χ4v) is 4.88. The minimum absolute atomic E-state index is 0.0601. The molecule has 0 radical (unpaired) electrons. The number of halogens is 1. The number of aliphatic hydroxyl groups is 1. The number of carbonyl (C=O) groups excluding carboxylic acids is 1. The van der Waals surface area contributed by atoms with E-state index in [1.807, 2.05) is 29.0 Å². The average molecular weight is 480 g/mol. The predicted octanol–water partition coefficient (Wildman–Crippen LogP) is 2.34. The van der Waals surface area contributed by atoms with E-state index in [2.05, 4.69) is 20.7 Å². The van der Waals surface area contributed by atoms with E-state index in [9.17, 15) is 14.3 Å². The van der Waals surface area contributed by atoms with Crippen LogP contribution in [0.25, 0.3) is 27.9 Å². The van der Waals surface area contributed by atoms with Crippen LogP contribution in [0.2, 0.25) is 0 Å². The van der Waals surface area contributed by atoms with Gasteiger partial charge in [0.1, 0.15) is 23.2 Å². The summed E-state index contributed by atoms with van der Waals surface area (Å²) in [7, 11) is 1.77. The number of fused-ring (bicyclic) bond motifs is 2. The van der Waals surface area contributed by atoms with Crippen LogP contribution in [0.4, 0.5) is 10.2 Å². The molecule has 35 heavy (non-hydrogen) atoms. The molecule has 2 unspecified atom stereocenters. The van der Waals surface area contributed by atoms with E-state index in [4.69, 9.17) is 9.72 Å². The van der Waals surface area contributed by atoms with Gasteiger partial charge in [-0.1, -0.05) is 0 Å². The minimum Gasteiger partial charge on any atom is -0.391 e. The molecule has 1 saturated carbocycles. The highest BCUT2D eigenvalue weighted by Gasteiger charge is 2.32. The normalized spacial score (nSPS) is 24.4. The van der Waals surface area contributed by atoms with Gasteiger partial charge in [-0.15, -0.1) is 0 Å². The second kappa shape index (κ2) is 8.58. The van der Waals surface area contributed by atoms with Crippen LogP contribution in [0, 0.1) is 0 Å². The Morgan fingerprint density at radius 2 is 2.17 bits per heavy atom. The molecule has 1 aliphatic heterocycles. The first-order valence-electron chi connectivity index (χ1n) is 11.8. The number of hydrogen-bond donors (Lipinski definition) is 3. The minimum atomic E-state index is -1.13. The Hall–Kier alpha value is -3.57. The molecule has 0 aromatic carbocycles. The molecule has 4 atom stereocenters. The van der Waals surface area contributed by atoms with Gasteiger partial charge >= 0.3 is 0 Å². The first kappa shape index (κ1) is 21.9. The second-order valence-electron chi connectivity index (χ2n) is 9.07. The first-order chi connectivity index (χ1) is 17.0. The summed E-state index contributed by atoms with van der Waals surface area (Å²) in [4.78, 5) is 22.3. The molecule has 4 aromatic heterocycles. The van der Waals surface area contributed by atoms with E-state index in [0.29, 0.717) is 47.8 Å². The van der Waals surface area contributed by atoms with Crippen LogP contribution < -0.4 is 10.6 Å². The molecule has 4 aromatic rings. The Bertz CT molecular complexity index is 1420. The van der Waals surface area contributed by atoms with E-state index in [1.54, 1.807) is 17.8 Å². The second-order valence-corrected chi connectivity index (χ2v) is 9.07. The number of ether oxygens (including phenoxy) is 1. The number of hydrogen-bond acceptors (Lipinski definition) is 7. The number of alkyl halides is 1. The Balaban J connectivity index is 1.47. The highest BCUT2D eigenvalue weighted by atomic mass is 19.1. The summed E-state index contributed by atoms with van der Waals surface area (Å²) in [5.41, 5.74) is 2.78. The van der Waals surface area contributed by atoms with Crippen molar-refractivity contribution in [3.05, 3.63) is 42.4 Å². The van der Waals surface area contributed by atoms with Gasteiger partial charge in [0.15, 0.2) is 5.65 Å². The number of pyridine rings is 1. The number of aromatic nitrogens is 5. The van der Waals surface area contributed by atoms with Gasteiger partial charge in [-0.25, -0.2) is 14.4 Å². The van der Waals surface area contributed by atoms with Crippen molar-refractivity contribution in [3.63, 3.8) is 0 Å². The van der Waals surface area contributed by atoms with Crippen molar-refractivity contribution in [2.75, 3.05) is 25.6 Å². The zero-order chi connectivity index (χ0) is 24.1. The molecule has 182 valence electrons. The van der Waals surface area contributed by atoms with Crippen LogP contribution >= 0.6 is 0 Å². The fraction of sp³-hybridized carbons (Fsp3) is 0.417. The summed E-state index contributed by atoms with van der Waals surface area (Å²) < 4.78 is 23.5. The number of carbonyl (C=O) groups is 1. The van der Waals surface area contributed by atoms with E-state index < -0.39 is 12.3 Å². The van der Waals surface area contributed by atoms with Crippen molar-refractivity contribution < 1.29 is 19.0 Å². The molecule has 1 aliphatic carbocycles. The third-order valence-electron chi connectivity index (χ3n) is 7.00. The number of aliphatic hydroxyl groups excluding tert-OH is 1. The number of nitrogens with zero attached hydrogens (tertiary/aromatic N) is 5.